The van der Waals surface area contributed by atoms with Gasteiger partial charge < -0.3 is 14.6 Å². The molecule has 0 amide bonds. The molecule has 138 valence electrons. The molecule has 0 bridgehead atoms. The second-order valence-electron chi connectivity index (χ2n) is 6.70. The zero-order valence-electron chi connectivity index (χ0n) is 14.4. The largest absolute Gasteiger partial charge is 0.477 e. The first kappa shape index (κ1) is 17.4. The molecule has 2 saturated heterocycles. The molecule has 2 aliphatic heterocycles. The molecule has 0 aliphatic carbocycles. The van der Waals surface area contributed by atoms with Crippen LogP contribution >= 0.6 is 11.8 Å². The van der Waals surface area contributed by atoms with Gasteiger partial charge in [0.25, 0.3) is 0 Å². The van der Waals surface area contributed by atoms with E-state index in [4.69, 9.17) is 0 Å². The average Bonchev–Trinajstić information content (AvgIpc) is 3.09. The number of hydrogen-bond acceptors (Lipinski definition) is 5. The molecule has 0 spiro atoms. The first-order chi connectivity index (χ1) is 12.5. The Labute approximate surface area is 154 Å². The van der Waals surface area contributed by atoms with Gasteiger partial charge in [0.05, 0.1) is 11.2 Å². The Morgan fingerprint density at radius 1 is 1.38 bits per heavy atom. The summed E-state index contributed by atoms with van der Waals surface area (Å²) in [6.07, 6.45) is 1.35. The summed E-state index contributed by atoms with van der Waals surface area (Å²) in [6.45, 7) is 4.76. The lowest BCUT2D eigenvalue weighted by molar-refractivity contribution is 0.0695. The maximum Gasteiger partial charge on any atom is 0.341 e. The highest BCUT2D eigenvalue weighted by atomic mass is 32.2. The van der Waals surface area contributed by atoms with Gasteiger partial charge >= 0.3 is 5.97 Å². The van der Waals surface area contributed by atoms with Crippen LogP contribution in [0.4, 0.5) is 10.1 Å². The fourth-order valence-electron chi connectivity index (χ4n) is 3.80. The van der Waals surface area contributed by atoms with Crippen LogP contribution in [-0.2, 0) is 6.54 Å². The SMILES string of the molecule is CCn1cc(C(=O)O)c(=O)c2cc(F)c(N3CCN4CSCC4C3)cc21. The summed E-state index contributed by atoms with van der Waals surface area (Å²) in [4.78, 5) is 28.2. The van der Waals surface area contributed by atoms with E-state index in [0.29, 0.717) is 23.8 Å². The molecule has 0 radical (unpaired) electrons. The van der Waals surface area contributed by atoms with Gasteiger partial charge in [0, 0.05) is 55.4 Å². The molecule has 2 aromatic rings. The number of benzene rings is 1. The molecule has 1 aromatic carbocycles. The van der Waals surface area contributed by atoms with Crippen molar-refractivity contribution in [2.24, 2.45) is 0 Å². The van der Waals surface area contributed by atoms with Gasteiger partial charge in [-0.05, 0) is 19.1 Å². The molecule has 3 heterocycles. The third kappa shape index (κ3) is 2.77. The van der Waals surface area contributed by atoms with Gasteiger partial charge in [-0.2, -0.15) is 0 Å². The molecular weight excluding hydrogens is 357 g/mol. The lowest BCUT2D eigenvalue weighted by Gasteiger charge is -2.38. The van der Waals surface area contributed by atoms with Crippen molar-refractivity contribution < 1.29 is 14.3 Å². The van der Waals surface area contributed by atoms with Crippen molar-refractivity contribution >= 4 is 34.3 Å². The van der Waals surface area contributed by atoms with Crippen LogP contribution in [0.1, 0.15) is 17.3 Å². The van der Waals surface area contributed by atoms with Crippen LogP contribution < -0.4 is 10.3 Å². The molecule has 1 unspecified atom stereocenters. The predicted octanol–water partition coefficient (Wildman–Crippen LogP) is 2.05. The van der Waals surface area contributed by atoms with E-state index in [-0.39, 0.29) is 10.9 Å². The number of aromatic carboxylic acids is 1. The number of thioether (sulfide) groups is 1. The van der Waals surface area contributed by atoms with Crippen molar-refractivity contribution in [2.75, 3.05) is 36.2 Å². The van der Waals surface area contributed by atoms with Crippen molar-refractivity contribution in [3.8, 4) is 0 Å². The van der Waals surface area contributed by atoms with Crippen LogP contribution in [0, 0.1) is 5.82 Å². The maximum absolute atomic E-state index is 14.8. The number of carbonyl (C=O) groups is 1. The highest BCUT2D eigenvalue weighted by molar-refractivity contribution is 7.99. The number of rotatable bonds is 3. The first-order valence-electron chi connectivity index (χ1n) is 8.66. The minimum Gasteiger partial charge on any atom is -0.477 e. The number of carboxylic acids is 1. The Hall–Kier alpha value is -2.06. The molecule has 26 heavy (non-hydrogen) atoms. The van der Waals surface area contributed by atoms with E-state index in [9.17, 15) is 19.1 Å². The zero-order valence-corrected chi connectivity index (χ0v) is 15.3. The van der Waals surface area contributed by atoms with Crippen molar-refractivity contribution in [3.63, 3.8) is 0 Å². The van der Waals surface area contributed by atoms with Gasteiger partial charge in [-0.25, -0.2) is 9.18 Å². The van der Waals surface area contributed by atoms with Gasteiger partial charge in [-0.3, -0.25) is 9.69 Å². The van der Waals surface area contributed by atoms with E-state index >= 15 is 0 Å². The highest BCUT2D eigenvalue weighted by Crippen LogP contribution is 2.30. The predicted molar refractivity (Wildman–Crippen MR) is 101 cm³/mol. The van der Waals surface area contributed by atoms with Crippen LogP contribution in [0.15, 0.2) is 23.1 Å². The van der Waals surface area contributed by atoms with Crippen molar-refractivity contribution in [1.29, 1.82) is 0 Å². The van der Waals surface area contributed by atoms with E-state index in [1.807, 2.05) is 23.6 Å². The molecule has 1 N–H and O–H groups in total. The Morgan fingerprint density at radius 3 is 2.92 bits per heavy atom. The number of nitrogens with zero attached hydrogens (tertiary/aromatic N) is 3. The lowest BCUT2D eigenvalue weighted by Crippen LogP contribution is -2.51. The van der Waals surface area contributed by atoms with Crippen LogP contribution in [0.2, 0.25) is 0 Å². The minimum atomic E-state index is -1.29. The number of hydrogen-bond donors (Lipinski definition) is 1. The van der Waals surface area contributed by atoms with Crippen LogP contribution in [0.3, 0.4) is 0 Å². The van der Waals surface area contributed by atoms with Crippen molar-refractivity contribution in [1.82, 2.24) is 9.47 Å². The highest BCUT2D eigenvalue weighted by Gasteiger charge is 2.32. The van der Waals surface area contributed by atoms with E-state index in [1.54, 1.807) is 10.6 Å². The number of carboxylic acid groups (broad SMARTS) is 1. The van der Waals surface area contributed by atoms with Crippen molar-refractivity contribution in [3.05, 3.63) is 39.9 Å². The molecule has 0 saturated carbocycles. The third-order valence-electron chi connectivity index (χ3n) is 5.23. The second kappa shape index (κ2) is 6.59. The summed E-state index contributed by atoms with van der Waals surface area (Å²) in [5.41, 5.74) is 0.0867. The Bertz CT molecular complexity index is 945. The first-order valence-corrected chi connectivity index (χ1v) is 9.81. The van der Waals surface area contributed by atoms with E-state index in [1.165, 1.54) is 12.3 Å². The Balaban J connectivity index is 1.82. The number of piperazine rings is 1. The summed E-state index contributed by atoms with van der Waals surface area (Å²) in [5, 5.41) is 9.35. The van der Waals surface area contributed by atoms with Gasteiger partial charge in [0.2, 0.25) is 5.43 Å². The van der Waals surface area contributed by atoms with Gasteiger partial charge in [-0.1, -0.05) is 0 Å². The number of halogens is 1. The monoisotopic (exact) mass is 377 g/mol. The number of aryl methyl sites for hydroxylation is 1. The topological polar surface area (TPSA) is 65.8 Å². The third-order valence-corrected chi connectivity index (χ3v) is 6.37. The number of aromatic nitrogens is 1. The van der Waals surface area contributed by atoms with Gasteiger partial charge in [-0.15, -0.1) is 11.8 Å². The molecule has 2 aliphatic rings. The summed E-state index contributed by atoms with van der Waals surface area (Å²) in [7, 11) is 0. The molecule has 2 fully saturated rings. The van der Waals surface area contributed by atoms with Gasteiger partial charge in [0.1, 0.15) is 11.4 Å². The molecule has 6 nitrogen and oxygen atoms in total. The fraction of sp³-hybridized carbons (Fsp3) is 0.444. The number of pyridine rings is 1. The van der Waals surface area contributed by atoms with E-state index < -0.39 is 17.2 Å². The average molecular weight is 377 g/mol. The standard InChI is InChI=1S/C18H20FN3O3S/c1-2-20-8-13(18(24)25)17(23)12-5-14(19)16(6-15(12)20)21-3-4-22-10-26-9-11(22)7-21/h5-6,8,11H,2-4,7,9-10H2,1H3,(H,24,25). The normalized spacial score (nSPS) is 20.5. The number of fused-ring (bicyclic) bond motifs is 2. The quantitative estimate of drug-likeness (QED) is 0.883. The molecule has 4 rings (SSSR count). The maximum atomic E-state index is 14.8. The lowest BCUT2D eigenvalue weighted by atomic mass is 10.1. The molecule has 1 aromatic heterocycles. The minimum absolute atomic E-state index is 0.114. The summed E-state index contributed by atoms with van der Waals surface area (Å²) in [6, 6.07) is 3.31. The zero-order chi connectivity index (χ0) is 18.4. The van der Waals surface area contributed by atoms with E-state index in [0.717, 1.165) is 31.3 Å². The van der Waals surface area contributed by atoms with Crippen LogP contribution in [0.5, 0.6) is 0 Å². The van der Waals surface area contributed by atoms with Crippen LogP contribution in [-0.4, -0.2) is 57.8 Å². The smallest absolute Gasteiger partial charge is 0.341 e. The summed E-state index contributed by atoms with van der Waals surface area (Å²) >= 11 is 1.90. The van der Waals surface area contributed by atoms with Crippen LogP contribution in [0.25, 0.3) is 10.9 Å². The molecule has 8 heteroatoms. The Morgan fingerprint density at radius 2 is 2.19 bits per heavy atom. The molecule has 1 atom stereocenters. The fourth-order valence-corrected chi connectivity index (χ4v) is 5.07. The van der Waals surface area contributed by atoms with E-state index in [2.05, 4.69) is 4.90 Å². The Kier molecular flexibility index (Phi) is 4.40. The number of anilines is 1. The second-order valence-corrected chi connectivity index (χ2v) is 7.70. The molecular formula is C18H20FN3O3S. The summed E-state index contributed by atoms with van der Waals surface area (Å²) < 4.78 is 16.5. The van der Waals surface area contributed by atoms with Gasteiger partial charge in [0.15, 0.2) is 0 Å². The summed E-state index contributed by atoms with van der Waals surface area (Å²) in [5.74, 6) is 0.316. The van der Waals surface area contributed by atoms with Crippen molar-refractivity contribution in [2.45, 2.75) is 19.5 Å².